The van der Waals surface area contributed by atoms with Crippen LogP contribution in [0.4, 0.5) is 0 Å². The summed E-state index contributed by atoms with van der Waals surface area (Å²) in [4.78, 5) is 13.2. The number of carbonyl (C=O) groups is 1. The lowest BCUT2D eigenvalue weighted by molar-refractivity contribution is -0.121. The van der Waals surface area contributed by atoms with E-state index < -0.39 is 0 Å². The normalized spacial score (nSPS) is 19.3. The Morgan fingerprint density at radius 2 is 2.11 bits per heavy atom. The Labute approximate surface area is 119 Å². The van der Waals surface area contributed by atoms with Crippen LogP contribution >= 0.6 is 23.8 Å². The molecule has 0 atom stereocenters. The first-order valence-electron chi connectivity index (χ1n) is 5.46. The van der Waals surface area contributed by atoms with Crippen molar-refractivity contribution in [2.45, 2.75) is 0 Å². The average molecular weight is 297 g/mol. The van der Waals surface area contributed by atoms with E-state index in [1.807, 2.05) is 0 Å². The molecule has 1 fully saturated rings. The number of hydrogen-bond acceptors (Lipinski definition) is 4. The number of hydrogen-bond donors (Lipinski definition) is 1. The smallest absolute Gasteiger partial charge is 0.276 e. The van der Waals surface area contributed by atoms with Crippen molar-refractivity contribution in [3.8, 4) is 11.5 Å². The van der Waals surface area contributed by atoms with E-state index in [1.54, 1.807) is 25.3 Å². The van der Waals surface area contributed by atoms with Crippen LogP contribution in [0.2, 0.25) is 5.02 Å². The fourth-order valence-electron chi connectivity index (χ4n) is 1.82. The van der Waals surface area contributed by atoms with Gasteiger partial charge in [0.25, 0.3) is 5.91 Å². The molecule has 3 rings (SSSR count). The largest absolute Gasteiger partial charge is 0.454 e. The van der Waals surface area contributed by atoms with Crippen LogP contribution in [0.1, 0.15) is 5.56 Å². The molecule has 0 aromatic heterocycles. The first kappa shape index (κ1) is 12.3. The second-order valence-electron chi connectivity index (χ2n) is 4.08. The third kappa shape index (κ3) is 2.02. The van der Waals surface area contributed by atoms with E-state index in [-0.39, 0.29) is 12.7 Å². The van der Waals surface area contributed by atoms with Crippen molar-refractivity contribution in [3.63, 3.8) is 0 Å². The number of amides is 1. The van der Waals surface area contributed by atoms with Crippen LogP contribution in [-0.4, -0.2) is 29.8 Å². The van der Waals surface area contributed by atoms with Crippen LogP contribution in [-0.2, 0) is 4.79 Å². The number of carbonyl (C=O) groups excluding carboxylic acids is 1. The van der Waals surface area contributed by atoms with Crippen molar-refractivity contribution in [2.75, 3.05) is 13.8 Å². The summed E-state index contributed by atoms with van der Waals surface area (Å²) >= 11 is 11.1. The zero-order valence-corrected chi connectivity index (χ0v) is 11.5. The molecule has 0 aliphatic carbocycles. The van der Waals surface area contributed by atoms with Crippen LogP contribution in [0, 0.1) is 0 Å². The molecule has 0 unspecified atom stereocenters. The minimum Gasteiger partial charge on any atom is -0.454 e. The molecule has 98 valence electrons. The molecular weight excluding hydrogens is 288 g/mol. The fourth-order valence-corrected chi connectivity index (χ4v) is 2.22. The number of ether oxygens (including phenoxy) is 2. The van der Waals surface area contributed by atoms with Gasteiger partial charge < -0.3 is 14.8 Å². The lowest BCUT2D eigenvalue weighted by Crippen LogP contribution is -2.25. The van der Waals surface area contributed by atoms with Crippen molar-refractivity contribution in [2.24, 2.45) is 0 Å². The Morgan fingerprint density at radius 1 is 1.42 bits per heavy atom. The Kier molecular flexibility index (Phi) is 2.83. The standard InChI is InChI=1S/C12H9ClN2O3S/c1-15-11(16)8(14-12(15)19)2-6-3-9-10(4-7(6)13)18-5-17-9/h2-4H,5H2,1H3,(H,14,19). The highest BCUT2D eigenvalue weighted by atomic mass is 35.5. The van der Waals surface area contributed by atoms with Crippen LogP contribution in [0.3, 0.4) is 0 Å². The van der Waals surface area contributed by atoms with Crippen molar-refractivity contribution >= 4 is 40.9 Å². The van der Waals surface area contributed by atoms with Gasteiger partial charge in [-0.05, 0) is 29.9 Å². The summed E-state index contributed by atoms with van der Waals surface area (Å²) in [7, 11) is 1.61. The van der Waals surface area contributed by atoms with E-state index in [1.165, 1.54) is 4.90 Å². The minimum absolute atomic E-state index is 0.176. The second kappa shape index (κ2) is 4.40. The van der Waals surface area contributed by atoms with Gasteiger partial charge in [0, 0.05) is 13.1 Å². The maximum Gasteiger partial charge on any atom is 0.276 e. The van der Waals surface area contributed by atoms with Gasteiger partial charge in [0.05, 0.1) is 5.02 Å². The molecule has 0 spiro atoms. The second-order valence-corrected chi connectivity index (χ2v) is 4.87. The molecule has 2 aliphatic rings. The van der Waals surface area contributed by atoms with Gasteiger partial charge in [-0.1, -0.05) is 11.6 Å². The number of nitrogens with one attached hydrogen (secondary N) is 1. The molecule has 1 amide bonds. The Hall–Kier alpha value is -1.79. The Balaban J connectivity index is 2.00. The highest BCUT2D eigenvalue weighted by Gasteiger charge is 2.27. The van der Waals surface area contributed by atoms with E-state index >= 15 is 0 Å². The number of fused-ring (bicyclic) bond motifs is 1. The molecule has 1 aromatic rings. The van der Waals surface area contributed by atoms with Crippen LogP contribution in [0.25, 0.3) is 6.08 Å². The molecule has 1 aromatic carbocycles. The Morgan fingerprint density at radius 3 is 2.74 bits per heavy atom. The van der Waals surface area contributed by atoms with Crippen molar-refractivity contribution < 1.29 is 14.3 Å². The lowest BCUT2D eigenvalue weighted by Gasteiger charge is -2.03. The average Bonchev–Trinajstić information content (AvgIpc) is 2.91. The van der Waals surface area contributed by atoms with Crippen molar-refractivity contribution in [1.82, 2.24) is 10.2 Å². The summed E-state index contributed by atoms with van der Waals surface area (Å²) in [6.07, 6.45) is 1.64. The third-order valence-electron chi connectivity index (χ3n) is 2.87. The molecule has 0 bridgehead atoms. The van der Waals surface area contributed by atoms with Gasteiger partial charge in [0.2, 0.25) is 6.79 Å². The van der Waals surface area contributed by atoms with Crippen LogP contribution in [0.15, 0.2) is 17.8 Å². The quantitative estimate of drug-likeness (QED) is 0.632. The van der Waals surface area contributed by atoms with E-state index in [2.05, 4.69) is 5.32 Å². The summed E-state index contributed by atoms with van der Waals surface area (Å²) in [5.74, 6) is 1.02. The van der Waals surface area contributed by atoms with Crippen molar-refractivity contribution in [1.29, 1.82) is 0 Å². The molecule has 0 saturated carbocycles. The molecule has 2 heterocycles. The first-order chi connectivity index (χ1) is 9.06. The van der Waals surface area contributed by atoms with Crippen LogP contribution in [0.5, 0.6) is 11.5 Å². The highest BCUT2D eigenvalue weighted by molar-refractivity contribution is 7.80. The zero-order valence-electron chi connectivity index (χ0n) is 9.90. The summed E-state index contributed by atoms with van der Waals surface area (Å²) in [5.41, 5.74) is 1.05. The van der Waals surface area contributed by atoms with Crippen LogP contribution < -0.4 is 14.8 Å². The molecule has 0 radical (unpaired) electrons. The molecule has 2 aliphatic heterocycles. The summed E-state index contributed by atoms with van der Waals surface area (Å²) < 4.78 is 10.5. The highest BCUT2D eigenvalue weighted by Crippen LogP contribution is 2.37. The van der Waals surface area contributed by atoms with E-state index in [0.717, 1.165) is 0 Å². The minimum atomic E-state index is -0.196. The van der Waals surface area contributed by atoms with Gasteiger partial charge in [-0.25, -0.2) is 0 Å². The van der Waals surface area contributed by atoms with E-state index in [0.29, 0.717) is 32.9 Å². The zero-order chi connectivity index (χ0) is 13.6. The number of thiocarbonyl (C=S) groups is 1. The monoisotopic (exact) mass is 296 g/mol. The fraction of sp³-hybridized carbons (Fsp3) is 0.167. The number of nitrogens with zero attached hydrogens (tertiary/aromatic N) is 1. The summed E-state index contributed by atoms with van der Waals surface area (Å²) in [6.45, 7) is 0.176. The Bertz CT molecular complexity index is 630. The predicted octanol–water partition coefficient (Wildman–Crippen LogP) is 1.76. The summed E-state index contributed by atoms with van der Waals surface area (Å²) in [5, 5.41) is 3.68. The van der Waals surface area contributed by atoms with Crippen molar-refractivity contribution in [3.05, 3.63) is 28.4 Å². The lowest BCUT2D eigenvalue weighted by atomic mass is 10.1. The predicted molar refractivity (Wildman–Crippen MR) is 74.1 cm³/mol. The molecule has 1 N–H and O–H groups in total. The number of benzene rings is 1. The molecule has 7 heteroatoms. The van der Waals surface area contributed by atoms with E-state index in [9.17, 15) is 4.79 Å². The van der Waals surface area contributed by atoms with Gasteiger partial charge in [0.1, 0.15) is 5.70 Å². The number of rotatable bonds is 1. The molecular formula is C12H9ClN2O3S. The molecule has 1 saturated heterocycles. The number of halogens is 1. The summed E-state index contributed by atoms with van der Waals surface area (Å²) in [6, 6.07) is 3.39. The third-order valence-corrected chi connectivity index (χ3v) is 3.58. The van der Waals surface area contributed by atoms with Gasteiger partial charge in [0.15, 0.2) is 16.6 Å². The maximum atomic E-state index is 11.9. The topological polar surface area (TPSA) is 50.8 Å². The molecule has 19 heavy (non-hydrogen) atoms. The first-order valence-corrected chi connectivity index (χ1v) is 6.25. The van der Waals surface area contributed by atoms with Gasteiger partial charge in [-0.15, -0.1) is 0 Å². The SMILES string of the molecule is CN1C(=O)C(=Cc2cc3c(cc2Cl)OCO3)NC1=S. The van der Waals surface area contributed by atoms with Gasteiger partial charge in [-0.2, -0.15) is 0 Å². The molecule has 5 nitrogen and oxygen atoms in total. The number of likely N-dealkylation sites (N-methyl/N-ethyl adjacent to an activating group) is 1. The van der Waals surface area contributed by atoms with E-state index in [4.69, 9.17) is 33.3 Å². The van der Waals surface area contributed by atoms with Gasteiger partial charge in [-0.3, -0.25) is 9.69 Å². The van der Waals surface area contributed by atoms with Gasteiger partial charge >= 0.3 is 0 Å². The maximum absolute atomic E-state index is 11.9.